The summed E-state index contributed by atoms with van der Waals surface area (Å²) in [5, 5.41) is 18.4. The molecule has 0 radical (unpaired) electrons. The minimum atomic E-state index is -0.913. The molecule has 19 heavy (non-hydrogen) atoms. The molecular formula is C11H17N3O4S. The lowest BCUT2D eigenvalue weighted by atomic mass is 10.2. The van der Waals surface area contributed by atoms with Gasteiger partial charge in [0.1, 0.15) is 6.04 Å². The molecule has 0 saturated heterocycles. The topological polar surface area (TPSA) is 132 Å². The monoisotopic (exact) mass is 287 g/mol. The average molecular weight is 287 g/mol. The standard InChI is InChI=1S/C6H6N2O2.C5H11NO2S/c7-5-1-3-6(4-2-5)8(9)10;1-9-3-2-4(6)5(7)8/h1-4H,7H2;4H,2-3,6H2,1H3,(H,7,8). The second kappa shape index (κ2) is 9.17. The second-order valence-electron chi connectivity index (χ2n) is 3.57. The van der Waals surface area contributed by atoms with Crippen molar-refractivity contribution < 1.29 is 14.8 Å². The summed E-state index contributed by atoms with van der Waals surface area (Å²) in [6.07, 6.45) is 2.48. The molecule has 0 aliphatic heterocycles. The molecule has 8 heteroatoms. The number of nitrogens with two attached hydrogens (primary N) is 2. The van der Waals surface area contributed by atoms with Gasteiger partial charge in [0.25, 0.3) is 5.69 Å². The molecule has 1 aromatic carbocycles. The number of hydrogen-bond donors (Lipinski definition) is 3. The Labute approximate surface area is 115 Å². The molecule has 1 unspecified atom stereocenters. The molecule has 0 amide bonds. The average Bonchev–Trinajstić information content (AvgIpc) is 2.37. The van der Waals surface area contributed by atoms with Gasteiger partial charge >= 0.3 is 5.97 Å². The van der Waals surface area contributed by atoms with Crippen molar-refractivity contribution in [2.24, 2.45) is 5.73 Å². The number of rotatable bonds is 5. The van der Waals surface area contributed by atoms with Gasteiger partial charge in [-0.3, -0.25) is 14.9 Å². The molecule has 0 aliphatic rings. The van der Waals surface area contributed by atoms with Crippen molar-refractivity contribution in [3.05, 3.63) is 34.4 Å². The van der Waals surface area contributed by atoms with E-state index in [0.29, 0.717) is 12.1 Å². The molecule has 7 nitrogen and oxygen atoms in total. The van der Waals surface area contributed by atoms with E-state index in [-0.39, 0.29) is 5.69 Å². The first-order valence-electron chi connectivity index (χ1n) is 5.35. The van der Waals surface area contributed by atoms with Crippen LogP contribution in [0, 0.1) is 10.1 Å². The molecule has 0 aliphatic carbocycles. The van der Waals surface area contributed by atoms with Gasteiger partial charge in [-0.05, 0) is 30.6 Å². The molecule has 1 atom stereocenters. The third kappa shape index (κ3) is 8.01. The van der Waals surface area contributed by atoms with Crippen molar-refractivity contribution in [3.63, 3.8) is 0 Å². The Hall–Kier alpha value is -1.80. The van der Waals surface area contributed by atoms with Gasteiger partial charge < -0.3 is 16.6 Å². The largest absolute Gasteiger partial charge is 0.480 e. The summed E-state index contributed by atoms with van der Waals surface area (Å²) in [7, 11) is 0. The molecule has 0 bridgehead atoms. The van der Waals surface area contributed by atoms with Crippen LogP contribution < -0.4 is 11.5 Å². The number of non-ortho nitro benzene ring substituents is 1. The van der Waals surface area contributed by atoms with E-state index in [1.807, 2.05) is 6.26 Å². The third-order valence-electron chi connectivity index (χ3n) is 2.05. The summed E-state index contributed by atoms with van der Waals surface area (Å²) < 4.78 is 0. The first kappa shape index (κ1) is 17.2. The van der Waals surface area contributed by atoms with Crippen LogP contribution in [0.25, 0.3) is 0 Å². The van der Waals surface area contributed by atoms with E-state index in [0.717, 1.165) is 5.75 Å². The van der Waals surface area contributed by atoms with E-state index in [9.17, 15) is 14.9 Å². The molecule has 0 heterocycles. The van der Waals surface area contributed by atoms with Gasteiger partial charge in [0, 0.05) is 17.8 Å². The Kier molecular flexibility index (Phi) is 8.30. The van der Waals surface area contributed by atoms with Crippen molar-refractivity contribution >= 4 is 29.1 Å². The number of aliphatic carboxylic acids is 1. The number of carbonyl (C=O) groups is 1. The van der Waals surface area contributed by atoms with Crippen LogP contribution in [0.15, 0.2) is 24.3 Å². The predicted molar refractivity (Wildman–Crippen MR) is 76.1 cm³/mol. The van der Waals surface area contributed by atoms with Crippen LogP contribution in [-0.2, 0) is 4.79 Å². The number of anilines is 1. The molecular weight excluding hydrogens is 270 g/mol. The number of carboxylic acids is 1. The maximum Gasteiger partial charge on any atom is 0.320 e. The van der Waals surface area contributed by atoms with Crippen molar-refractivity contribution in [3.8, 4) is 0 Å². The van der Waals surface area contributed by atoms with Crippen molar-refractivity contribution in [2.75, 3.05) is 17.7 Å². The number of carboxylic acid groups (broad SMARTS) is 1. The van der Waals surface area contributed by atoms with Gasteiger partial charge in [0.2, 0.25) is 0 Å². The van der Waals surface area contributed by atoms with Crippen LogP contribution in [-0.4, -0.2) is 34.0 Å². The zero-order chi connectivity index (χ0) is 14.8. The maximum absolute atomic E-state index is 10.1. The van der Waals surface area contributed by atoms with Crippen LogP contribution in [0.1, 0.15) is 6.42 Å². The predicted octanol–water partition coefficient (Wildman–Crippen LogP) is 1.33. The van der Waals surface area contributed by atoms with Gasteiger partial charge in [-0.25, -0.2) is 0 Å². The molecule has 1 aromatic rings. The Morgan fingerprint density at radius 1 is 1.47 bits per heavy atom. The highest BCUT2D eigenvalue weighted by Crippen LogP contribution is 2.12. The number of nitro benzene ring substituents is 1. The quantitative estimate of drug-likeness (QED) is 0.422. The fourth-order valence-electron chi connectivity index (χ4n) is 0.964. The van der Waals surface area contributed by atoms with E-state index in [1.54, 1.807) is 11.8 Å². The molecule has 0 fully saturated rings. The van der Waals surface area contributed by atoms with Gasteiger partial charge in [0.15, 0.2) is 0 Å². The molecule has 1 rings (SSSR count). The van der Waals surface area contributed by atoms with E-state index < -0.39 is 16.9 Å². The lowest BCUT2D eigenvalue weighted by Gasteiger charge is -2.02. The fourth-order valence-corrected chi connectivity index (χ4v) is 1.45. The summed E-state index contributed by atoms with van der Waals surface area (Å²) in [6, 6.07) is 5.05. The van der Waals surface area contributed by atoms with E-state index in [1.165, 1.54) is 24.3 Å². The number of thioether (sulfide) groups is 1. The summed E-state index contributed by atoms with van der Waals surface area (Å²) in [5.74, 6) is -0.1000. The summed E-state index contributed by atoms with van der Waals surface area (Å²) in [6.45, 7) is 0. The minimum absolute atomic E-state index is 0.0641. The summed E-state index contributed by atoms with van der Waals surface area (Å²) in [5.41, 5.74) is 11.1. The summed E-state index contributed by atoms with van der Waals surface area (Å²) in [4.78, 5) is 19.7. The SMILES string of the molecule is CSCCC(N)C(=O)O.Nc1ccc([N+](=O)[O-])cc1. The third-order valence-corrected chi connectivity index (χ3v) is 2.70. The number of nitro groups is 1. The fraction of sp³-hybridized carbons (Fsp3) is 0.364. The smallest absolute Gasteiger partial charge is 0.320 e. The highest BCUT2D eigenvalue weighted by atomic mass is 32.2. The summed E-state index contributed by atoms with van der Waals surface area (Å²) >= 11 is 1.60. The Balaban J connectivity index is 0.000000344. The zero-order valence-corrected chi connectivity index (χ0v) is 11.3. The van der Waals surface area contributed by atoms with Crippen LogP contribution in [0.2, 0.25) is 0 Å². The normalized spacial score (nSPS) is 11.1. The van der Waals surface area contributed by atoms with Crippen LogP contribution in [0.5, 0.6) is 0 Å². The molecule has 0 aromatic heterocycles. The molecule has 0 saturated carbocycles. The molecule has 5 N–H and O–H groups in total. The molecule has 106 valence electrons. The Morgan fingerprint density at radius 2 is 2.00 bits per heavy atom. The number of nitrogens with zero attached hydrogens (tertiary/aromatic N) is 1. The van der Waals surface area contributed by atoms with Crippen molar-refractivity contribution in [2.45, 2.75) is 12.5 Å². The lowest BCUT2D eigenvalue weighted by Crippen LogP contribution is -2.30. The lowest BCUT2D eigenvalue weighted by molar-refractivity contribution is -0.384. The molecule has 0 spiro atoms. The Morgan fingerprint density at radius 3 is 2.37 bits per heavy atom. The minimum Gasteiger partial charge on any atom is -0.480 e. The van der Waals surface area contributed by atoms with Gasteiger partial charge in [-0.2, -0.15) is 11.8 Å². The first-order chi connectivity index (χ1) is 8.88. The van der Waals surface area contributed by atoms with Crippen molar-refractivity contribution in [1.82, 2.24) is 0 Å². The maximum atomic E-state index is 10.1. The number of hydrogen-bond acceptors (Lipinski definition) is 6. The van der Waals surface area contributed by atoms with E-state index >= 15 is 0 Å². The second-order valence-corrected chi connectivity index (χ2v) is 4.56. The van der Waals surface area contributed by atoms with Gasteiger partial charge in [0.05, 0.1) is 4.92 Å². The van der Waals surface area contributed by atoms with E-state index in [2.05, 4.69) is 0 Å². The first-order valence-corrected chi connectivity index (χ1v) is 6.75. The van der Waals surface area contributed by atoms with Crippen molar-refractivity contribution in [1.29, 1.82) is 0 Å². The number of benzene rings is 1. The number of nitrogen functional groups attached to an aromatic ring is 1. The van der Waals surface area contributed by atoms with Crippen LogP contribution >= 0.6 is 11.8 Å². The highest BCUT2D eigenvalue weighted by Gasteiger charge is 2.08. The van der Waals surface area contributed by atoms with Gasteiger partial charge in [-0.15, -0.1) is 0 Å². The van der Waals surface area contributed by atoms with Crippen LogP contribution in [0.3, 0.4) is 0 Å². The highest BCUT2D eigenvalue weighted by molar-refractivity contribution is 7.98. The zero-order valence-electron chi connectivity index (χ0n) is 10.5. The van der Waals surface area contributed by atoms with Crippen LogP contribution in [0.4, 0.5) is 11.4 Å². The van der Waals surface area contributed by atoms with E-state index in [4.69, 9.17) is 16.6 Å². The Bertz CT molecular complexity index is 411. The van der Waals surface area contributed by atoms with Gasteiger partial charge in [-0.1, -0.05) is 0 Å².